The molecule has 2 N–H and O–H groups in total. The van der Waals surface area contributed by atoms with Crippen molar-refractivity contribution in [3.05, 3.63) is 22.2 Å². The minimum Gasteiger partial charge on any atom is -0.335 e. The first-order chi connectivity index (χ1) is 9.31. The second-order valence-electron chi connectivity index (χ2n) is 5.29. The normalized spacial score (nSPS) is 20.1. The predicted molar refractivity (Wildman–Crippen MR) is 85.2 cm³/mol. The number of nitrogens with zero attached hydrogens (tertiary/aromatic N) is 1. The van der Waals surface area contributed by atoms with Gasteiger partial charge in [-0.3, -0.25) is 0 Å². The minimum absolute atomic E-state index is 0.190. The number of hydrogen-bond donors (Lipinski definition) is 2. The van der Waals surface area contributed by atoms with E-state index in [9.17, 15) is 4.79 Å². The quantitative estimate of drug-likeness (QED) is 0.782. The highest BCUT2D eigenvalue weighted by Crippen LogP contribution is 2.22. The summed E-state index contributed by atoms with van der Waals surface area (Å²) in [7, 11) is 2.09. The van der Waals surface area contributed by atoms with Gasteiger partial charge in [-0.05, 0) is 52.4 Å². The molecule has 1 aliphatic rings. The monoisotopic (exact) mass is 319 g/mol. The molecule has 0 radical (unpaired) electrons. The van der Waals surface area contributed by atoms with Gasteiger partial charge >= 0.3 is 6.03 Å². The molecule has 1 atom stereocenters. The fourth-order valence-corrected chi connectivity index (χ4v) is 2.36. The Bertz CT molecular complexity index is 397. The van der Waals surface area contributed by atoms with Gasteiger partial charge in [0.25, 0.3) is 0 Å². The second kappa shape index (κ2) is 7.91. The van der Waals surface area contributed by atoms with E-state index >= 15 is 0 Å². The number of likely N-dealkylation sites (tertiary alicyclic amines) is 1. The summed E-state index contributed by atoms with van der Waals surface area (Å²) in [6.45, 7) is 9.40. The van der Waals surface area contributed by atoms with Crippen molar-refractivity contribution >= 4 is 29.2 Å². The van der Waals surface area contributed by atoms with Crippen LogP contribution in [0.3, 0.4) is 0 Å². The number of carbonyl (C=O) groups excluding carboxylic acids is 1. The number of amides is 2. The van der Waals surface area contributed by atoms with Crippen LogP contribution in [0.25, 0.3) is 0 Å². The van der Waals surface area contributed by atoms with Crippen LogP contribution in [-0.4, -0.2) is 43.2 Å². The van der Waals surface area contributed by atoms with Crippen LogP contribution in [0.1, 0.15) is 26.7 Å². The van der Waals surface area contributed by atoms with Gasteiger partial charge in [0.2, 0.25) is 0 Å². The molecular weight excluding hydrogens is 297 g/mol. The van der Waals surface area contributed by atoms with Crippen LogP contribution in [0.2, 0.25) is 0 Å². The van der Waals surface area contributed by atoms with E-state index in [1.54, 1.807) is 6.92 Å². The molecule has 0 aromatic carbocycles. The Balaban J connectivity index is 2.42. The molecule has 0 bridgehead atoms. The Labute approximate surface area is 131 Å². The lowest BCUT2D eigenvalue weighted by molar-refractivity contribution is 0.213. The number of hydrogen-bond acceptors (Lipinski definition) is 2. The Morgan fingerprint density at radius 1 is 1.35 bits per heavy atom. The van der Waals surface area contributed by atoms with Crippen molar-refractivity contribution in [2.45, 2.75) is 38.8 Å². The average molecular weight is 320 g/mol. The van der Waals surface area contributed by atoms with Gasteiger partial charge in [-0.25, -0.2) is 4.79 Å². The van der Waals surface area contributed by atoms with Gasteiger partial charge in [0, 0.05) is 11.1 Å². The van der Waals surface area contributed by atoms with Crippen LogP contribution in [0, 0.1) is 0 Å². The van der Waals surface area contributed by atoms with Crippen LogP contribution in [-0.2, 0) is 0 Å². The summed E-state index contributed by atoms with van der Waals surface area (Å²) in [5.74, 6) is 0. The summed E-state index contributed by atoms with van der Waals surface area (Å²) < 4.78 is 0. The zero-order valence-corrected chi connectivity index (χ0v) is 13.8. The fourth-order valence-electron chi connectivity index (χ4n) is 2.08. The molecule has 1 aliphatic heterocycles. The third-order valence-electron chi connectivity index (χ3n) is 3.51. The number of carbonyl (C=O) groups is 1. The zero-order valence-electron chi connectivity index (χ0n) is 12.3. The lowest BCUT2D eigenvalue weighted by Gasteiger charge is -2.30. The third-order valence-corrected chi connectivity index (χ3v) is 4.32. The van der Waals surface area contributed by atoms with Crippen LogP contribution in [0.15, 0.2) is 22.2 Å². The fraction of sp³-hybridized carbons (Fsp3) is 0.643. The topological polar surface area (TPSA) is 44.4 Å². The number of nitrogens with one attached hydrogen (secondary N) is 2. The SMILES string of the molecule is C=C(/C(Cl)=C(\C)Cl)C(C)NC(=O)NC1CCN(C)CC1. The number of urea groups is 1. The molecule has 1 rings (SSSR count). The number of piperidine rings is 1. The molecule has 2 amide bonds. The van der Waals surface area contributed by atoms with Crippen molar-refractivity contribution in [3.8, 4) is 0 Å². The van der Waals surface area contributed by atoms with Crippen molar-refractivity contribution < 1.29 is 4.79 Å². The van der Waals surface area contributed by atoms with E-state index in [4.69, 9.17) is 23.2 Å². The third kappa shape index (κ3) is 5.35. The van der Waals surface area contributed by atoms with E-state index in [1.807, 2.05) is 6.92 Å². The maximum absolute atomic E-state index is 11.9. The molecule has 1 saturated heterocycles. The summed E-state index contributed by atoms with van der Waals surface area (Å²) in [6, 6.07) is -0.222. The van der Waals surface area contributed by atoms with E-state index in [0.717, 1.165) is 25.9 Å². The maximum atomic E-state index is 11.9. The van der Waals surface area contributed by atoms with Gasteiger partial charge in [-0.1, -0.05) is 29.8 Å². The minimum atomic E-state index is -0.262. The van der Waals surface area contributed by atoms with Gasteiger partial charge in [0.05, 0.1) is 11.1 Å². The average Bonchev–Trinajstić information content (AvgIpc) is 2.39. The van der Waals surface area contributed by atoms with Gasteiger partial charge in [0.1, 0.15) is 0 Å². The highest BCUT2D eigenvalue weighted by Gasteiger charge is 2.20. The summed E-state index contributed by atoms with van der Waals surface area (Å²) in [6.07, 6.45) is 1.95. The Morgan fingerprint density at radius 3 is 2.40 bits per heavy atom. The first-order valence-electron chi connectivity index (χ1n) is 6.78. The lowest BCUT2D eigenvalue weighted by atomic mass is 10.1. The lowest BCUT2D eigenvalue weighted by Crippen LogP contribution is -2.49. The van der Waals surface area contributed by atoms with Crippen molar-refractivity contribution in [2.75, 3.05) is 20.1 Å². The van der Waals surface area contributed by atoms with Crippen LogP contribution in [0.5, 0.6) is 0 Å². The van der Waals surface area contributed by atoms with Crippen LogP contribution < -0.4 is 10.6 Å². The van der Waals surface area contributed by atoms with Gasteiger partial charge in [-0.15, -0.1) is 0 Å². The smallest absolute Gasteiger partial charge is 0.315 e. The van der Waals surface area contributed by atoms with Gasteiger partial charge < -0.3 is 15.5 Å². The summed E-state index contributed by atoms with van der Waals surface area (Å²) in [5.41, 5.74) is 0.609. The molecule has 1 heterocycles. The standard InChI is InChI=1S/C14H23Cl2N3O/c1-9(13(16)10(2)15)11(3)17-14(20)18-12-5-7-19(4)8-6-12/h11-12H,1,5-8H2,2-4H3,(H2,17,18,20)/b13-10-. The Hall–Kier alpha value is -0.710. The van der Waals surface area contributed by atoms with E-state index in [1.165, 1.54) is 0 Å². The molecule has 0 aromatic rings. The molecule has 1 fully saturated rings. The Kier molecular flexibility index (Phi) is 6.86. The van der Waals surface area contributed by atoms with Crippen molar-refractivity contribution in [2.24, 2.45) is 0 Å². The summed E-state index contributed by atoms with van der Waals surface area (Å²) >= 11 is 11.9. The molecule has 0 saturated carbocycles. The van der Waals surface area contributed by atoms with Gasteiger partial charge in [-0.2, -0.15) is 0 Å². The van der Waals surface area contributed by atoms with Crippen LogP contribution in [0.4, 0.5) is 4.79 Å². The van der Waals surface area contributed by atoms with E-state index in [2.05, 4.69) is 29.2 Å². The van der Waals surface area contributed by atoms with E-state index in [0.29, 0.717) is 15.6 Å². The molecule has 4 nitrogen and oxygen atoms in total. The molecule has 6 heteroatoms. The molecular formula is C14H23Cl2N3O. The van der Waals surface area contributed by atoms with Crippen molar-refractivity contribution in [1.82, 2.24) is 15.5 Å². The maximum Gasteiger partial charge on any atom is 0.315 e. The summed E-state index contributed by atoms with van der Waals surface area (Å²) in [5, 5.41) is 6.69. The largest absolute Gasteiger partial charge is 0.335 e. The molecule has 1 unspecified atom stereocenters. The highest BCUT2D eigenvalue weighted by atomic mass is 35.5. The van der Waals surface area contributed by atoms with E-state index in [-0.39, 0.29) is 18.1 Å². The van der Waals surface area contributed by atoms with E-state index < -0.39 is 0 Å². The predicted octanol–water partition coefficient (Wildman–Crippen LogP) is 3.03. The number of rotatable bonds is 4. The zero-order chi connectivity index (χ0) is 15.3. The van der Waals surface area contributed by atoms with Gasteiger partial charge in [0.15, 0.2) is 0 Å². The molecule has 0 spiro atoms. The summed E-state index contributed by atoms with van der Waals surface area (Å²) in [4.78, 5) is 14.2. The van der Waals surface area contributed by atoms with Crippen molar-refractivity contribution in [1.29, 1.82) is 0 Å². The highest BCUT2D eigenvalue weighted by molar-refractivity contribution is 6.40. The molecule has 0 aliphatic carbocycles. The molecule has 20 heavy (non-hydrogen) atoms. The number of allylic oxidation sites excluding steroid dienone is 1. The first-order valence-corrected chi connectivity index (χ1v) is 7.53. The van der Waals surface area contributed by atoms with Crippen molar-refractivity contribution in [3.63, 3.8) is 0 Å². The second-order valence-corrected chi connectivity index (χ2v) is 6.23. The first kappa shape index (κ1) is 17.3. The number of halogens is 2. The molecule has 0 aromatic heterocycles. The Morgan fingerprint density at radius 2 is 1.90 bits per heavy atom. The molecule has 114 valence electrons. The van der Waals surface area contributed by atoms with Crippen LogP contribution >= 0.6 is 23.2 Å².